The molecule has 1 aromatic carbocycles. The Bertz CT molecular complexity index is 783. The summed E-state index contributed by atoms with van der Waals surface area (Å²) < 4.78 is 4.58. The second-order valence-electron chi connectivity index (χ2n) is 4.49. The number of benzene rings is 1. The first-order valence-electron chi connectivity index (χ1n) is 6.00. The molecule has 0 radical (unpaired) electrons. The molecule has 3 rings (SSSR count). The van der Waals surface area contributed by atoms with Crippen molar-refractivity contribution in [3.8, 4) is 0 Å². The second kappa shape index (κ2) is 4.83. The maximum atomic E-state index is 6.16. The number of halogens is 1. The van der Waals surface area contributed by atoms with Gasteiger partial charge in [0.2, 0.25) is 0 Å². The van der Waals surface area contributed by atoms with Crippen LogP contribution in [-0.2, 0) is 20.0 Å². The first kappa shape index (κ1) is 12.4. The van der Waals surface area contributed by atoms with Gasteiger partial charge in [-0.25, -0.2) is 0 Å². The molecule has 6 heteroatoms. The summed E-state index contributed by atoms with van der Waals surface area (Å²) in [4.78, 5) is 3.16. The Balaban J connectivity index is 1.95. The predicted octanol–water partition coefficient (Wildman–Crippen LogP) is 3.33. The van der Waals surface area contributed by atoms with Crippen molar-refractivity contribution in [2.45, 2.75) is 13.0 Å². The van der Waals surface area contributed by atoms with E-state index < -0.39 is 0 Å². The van der Waals surface area contributed by atoms with Crippen LogP contribution in [0.5, 0.6) is 0 Å². The lowest BCUT2D eigenvalue weighted by Gasteiger charge is -2.03. The molecule has 2 heterocycles. The Hall–Kier alpha value is -1.59. The quantitative estimate of drug-likeness (QED) is 0.752. The average Bonchev–Trinajstić information content (AvgIpc) is 2.92. The number of aryl methyl sites for hydroxylation is 3. The van der Waals surface area contributed by atoms with Gasteiger partial charge in [-0.2, -0.15) is 5.10 Å². The molecule has 4 nitrogen and oxygen atoms in total. The first-order chi connectivity index (χ1) is 9.15. The van der Waals surface area contributed by atoms with Crippen LogP contribution in [0.1, 0.15) is 5.56 Å². The van der Waals surface area contributed by atoms with E-state index in [4.69, 9.17) is 23.8 Å². The summed E-state index contributed by atoms with van der Waals surface area (Å²) in [5.41, 5.74) is 3.14. The fourth-order valence-corrected chi connectivity index (χ4v) is 2.72. The van der Waals surface area contributed by atoms with Gasteiger partial charge in [0.1, 0.15) is 0 Å². The molecule has 0 saturated heterocycles. The number of hydrogen-bond donors (Lipinski definition) is 1. The largest absolute Gasteiger partial charge is 0.329 e. The van der Waals surface area contributed by atoms with Crippen LogP contribution in [0.4, 0.5) is 0 Å². The fraction of sp³-hybridized carbons (Fsp3) is 0.231. The molecule has 0 spiro atoms. The number of rotatable bonds is 3. The summed E-state index contributed by atoms with van der Waals surface area (Å²) in [5.74, 6) is 0. The molecule has 98 valence electrons. The van der Waals surface area contributed by atoms with Crippen LogP contribution in [-0.4, -0.2) is 19.3 Å². The molecule has 0 aliphatic carbocycles. The Kier molecular flexibility index (Phi) is 3.16. The zero-order valence-corrected chi connectivity index (χ0v) is 12.0. The lowest BCUT2D eigenvalue weighted by atomic mass is 10.2. The lowest BCUT2D eigenvalue weighted by Crippen LogP contribution is -2.00. The molecular formula is C13H13ClN4S. The van der Waals surface area contributed by atoms with Crippen molar-refractivity contribution in [3.63, 3.8) is 0 Å². The van der Waals surface area contributed by atoms with Gasteiger partial charge >= 0.3 is 0 Å². The molecule has 0 unspecified atom stereocenters. The van der Waals surface area contributed by atoms with Crippen molar-refractivity contribution in [2.75, 3.05) is 0 Å². The summed E-state index contributed by atoms with van der Waals surface area (Å²) in [6.07, 6.45) is 4.79. The summed E-state index contributed by atoms with van der Waals surface area (Å²) >= 11 is 11.5. The zero-order chi connectivity index (χ0) is 13.4. The molecule has 0 saturated carbocycles. The van der Waals surface area contributed by atoms with Crippen molar-refractivity contribution in [2.24, 2.45) is 7.05 Å². The molecule has 0 atom stereocenters. The van der Waals surface area contributed by atoms with Gasteiger partial charge in [-0.05, 0) is 36.3 Å². The van der Waals surface area contributed by atoms with Gasteiger partial charge in [-0.1, -0.05) is 17.7 Å². The molecule has 0 bridgehead atoms. The zero-order valence-electron chi connectivity index (χ0n) is 10.4. The van der Waals surface area contributed by atoms with Crippen molar-refractivity contribution < 1.29 is 0 Å². The number of aromatic nitrogens is 4. The Morgan fingerprint density at radius 1 is 1.42 bits per heavy atom. The lowest BCUT2D eigenvalue weighted by molar-refractivity contribution is 0.705. The van der Waals surface area contributed by atoms with E-state index in [1.54, 1.807) is 4.68 Å². The number of nitrogens with zero attached hydrogens (tertiary/aromatic N) is 3. The van der Waals surface area contributed by atoms with E-state index in [0.717, 1.165) is 24.0 Å². The highest BCUT2D eigenvalue weighted by molar-refractivity contribution is 7.71. The first-order valence-corrected chi connectivity index (χ1v) is 6.78. The van der Waals surface area contributed by atoms with E-state index in [1.165, 1.54) is 5.56 Å². The minimum Gasteiger partial charge on any atom is -0.329 e. The Morgan fingerprint density at radius 3 is 3.00 bits per heavy atom. The number of nitrogens with one attached hydrogen (secondary N) is 1. The van der Waals surface area contributed by atoms with Gasteiger partial charge in [0, 0.05) is 19.8 Å². The van der Waals surface area contributed by atoms with Gasteiger partial charge in [-0.3, -0.25) is 4.68 Å². The fourth-order valence-electron chi connectivity index (χ4n) is 2.21. The van der Waals surface area contributed by atoms with Crippen molar-refractivity contribution in [1.82, 2.24) is 19.3 Å². The minimum atomic E-state index is 0.698. The molecule has 19 heavy (non-hydrogen) atoms. The standard InChI is InChI=1S/C13H13ClN4S/c1-17-8-9(7-15-17)5-6-18-11-4-2-3-10(14)12(11)16-13(18)19/h2-4,7-8H,5-6H2,1H3,(H,16,19). The maximum absolute atomic E-state index is 6.16. The van der Waals surface area contributed by atoms with Gasteiger partial charge in [0.25, 0.3) is 0 Å². The van der Waals surface area contributed by atoms with Gasteiger partial charge in [0.05, 0.1) is 22.3 Å². The summed E-state index contributed by atoms with van der Waals surface area (Å²) in [7, 11) is 1.92. The monoisotopic (exact) mass is 292 g/mol. The smallest absolute Gasteiger partial charge is 0.178 e. The van der Waals surface area contributed by atoms with E-state index in [9.17, 15) is 0 Å². The average molecular weight is 293 g/mol. The molecule has 0 amide bonds. The second-order valence-corrected chi connectivity index (χ2v) is 5.28. The van der Waals surface area contributed by atoms with Crippen molar-refractivity contribution in [1.29, 1.82) is 0 Å². The van der Waals surface area contributed by atoms with Gasteiger partial charge in [-0.15, -0.1) is 0 Å². The Labute approximate surface area is 120 Å². The van der Waals surface area contributed by atoms with Crippen molar-refractivity contribution in [3.05, 3.63) is 45.9 Å². The minimum absolute atomic E-state index is 0.698. The van der Waals surface area contributed by atoms with Crippen molar-refractivity contribution >= 4 is 34.9 Å². The number of aromatic amines is 1. The van der Waals surface area contributed by atoms with Crippen LogP contribution in [0.3, 0.4) is 0 Å². The third kappa shape index (κ3) is 2.31. The van der Waals surface area contributed by atoms with E-state index in [2.05, 4.69) is 14.6 Å². The number of H-pyrrole nitrogens is 1. The van der Waals surface area contributed by atoms with Crippen LogP contribution in [0.25, 0.3) is 11.0 Å². The third-order valence-corrected chi connectivity index (χ3v) is 3.78. The highest BCUT2D eigenvalue weighted by atomic mass is 35.5. The van der Waals surface area contributed by atoms with Crippen LogP contribution in [0.15, 0.2) is 30.6 Å². The number of para-hydroxylation sites is 1. The normalized spacial score (nSPS) is 11.3. The van der Waals surface area contributed by atoms with Crippen LogP contribution in [0.2, 0.25) is 5.02 Å². The molecule has 1 N–H and O–H groups in total. The molecule has 3 aromatic rings. The maximum Gasteiger partial charge on any atom is 0.178 e. The highest BCUT2D eigenvalue weighted by Gasteiger charge is 2.07. The summed E-state index contributed by atoms with van der Waals surface area (Å²) in [5, 5.41) is 4.87. The summed E-state index contributed by atoms with van der Waals surface area (Å²) in [6.45, 7) is 0.810. The van der Waals surface area contributed by atoms with E-state index in [1.807, 2.05) is 37.6 Å². The molecule has 0 aliphatic rings. The molecule has 0 fully saturated rings. The predicted molar refractivity (Wildman–Crippen MR) is 79.0 cm³/mol. The number of imidazole rings is 1. The molecular weight excluding hydrogens is 280 g/mol. The topological polar surface area (TPSA) is 38.5 Å². The van der Waals surface area contributed by atoms with Gasteiger partial charge < -0.3 is 9.55 Å². The highest BCUT2D eigenvalue weighted by Crippen LogP contribution is 2.22. The van der Waals surface area contributed by atoms with Crippen LogP contribution < -0.4 is 0 Å². The number of hydrogen-bond acceptors (Lipinski definition) is 2. The summed E-state index contributed by atoms with van der Waals surface area (Å²) in [6, 6.07) is 5.82. The number of fused-ring (bicyclic) bond motifs is 1. The van der Waals surface area contributed by atoms with Crippen LogP contribution in [0, 0.1) is 4.77 Å². The third-order valence-electron chi connectivity index (χ3n) is 3.14. The van der Waals surface area contributed by atoms with Gasteiger partial charge in [0.15, 0.2) is 4.77 Å². The molecule has 0 aliphatic heterocycles. The van der Waals surface area contributed by atoms with E-state index >= 15 is 0 Å². The Morgan fingerprint density at radius 2 is 2.26 bits per heavy atom. The van der Waals surface area contributed by atoms with Crippen LogP contribution >= 0.6 is 23.8 Å². The SMILES string of the molecule is Cn1cc(CCn2c(=S)[nH]c3c(Cl)cccc32)cn1. The molecule has 2 aromatic heterocycles. The van der Waals surface area contributed by atoms with E-state index in [-0.39, 0.29) is 0 Å². The van der Waals surface area contributed by atoms with E-state index in [0.29, 0.717) is 9.79 Å².